The number of esters is 1. The lowest BCUT2D eigenvalue weighted by molar-refractivity contribution is -0.143. The van der Waals surface area contributed by atoms with Gasteiger partial charge in [0, 0.05) is 0 Å². The van der Waals surface area contributed by atoms with Crippen LogP contribution in [0.4, 0.5) is 0 Å². The second-order valence-electron chi connectivity index (χ2n) is 4.65. The van der Waals surface area contributed by atoms with Crippen molar-refractivity contribution in [2.24, 2.45) is 5.92 Å². The Bertz CT molecular complexity index is 649. The van der Waals surface area contributed by atoms with Crippen LogP contribution in [0.1, 0.15) is 25.8 Å². The van der Waals surface area contributed by atoms with Crippen molar-refractivity contribution in [1.82, 2.24) is 4.72 Å². The number of carbonyl (C=O) groups excluding carboxylic acids is 1. The van der Waals surface area contributed by atoms with Gasteiger partial charge in [-0.1, -0.05) is 26.3 Å². The molecule has 1 aromatic carbocycles. The fourth-order valence-corrected chi connectivity index (χ4v) is 3.07. The Labute approximate surface area is 124 Å². The zero-order valence-corrected chi connectivity index (χ0v) is 13.0. The summed E-state index contributed by atoms with van der Waals surface area (Å²) in [6, 6.07) is 6.52. The number of nitrogens with one attached hydrogen (secondary N) is 1. The fraction of sp³-hybridized carbons (Fsp3) is 0.429. The van der Waals surface area contributed by atoms with E-state index in [0.717, 1.165) is 0 Å². The van der Waals surface area contributed by atoms with Crippen LogP contribution in [0, 0.1) is 17.2 Å². The maximum Gasteiger partial charge on any atom is 0.324 e. The van der Waals surface area contributed by atoms with Crippen LogP contribution >= 0.6 is 0 Å². The van der Waals surface area contributed by atoms with Gasteiger partial charge in [-0.2, -0.15) is 9.98 Å². The first kappa shape index (κ1) is 17.1. The van der Waals surface area contributed by atoms with Crippen LogP contribution in [-0.4, -0.2) is 27.5 Å². The summed E-state index contributed by atoms with van der Waals surface area (Å²) in [5.74, 6) is -0.851. The van der Waals surface area contributed by atoms with Gasteiger partial charge in [0.2, 0.25) is 10.0 Å². The molecule has 6 nitrogen and oxygen atoms in total. The Morgan fingerprint density at radius 2 is 2.14 bits per heavy atom. The van der Waals surface area contributed by atoms with Gasteiger partial charge >= 0.3 is 5.97 Å². The Kier molecular flexibility index (Phi) is 5.88. The number of hydrogen-bond donors (Lipinski definition) is 1. The molecule has 0 radical (unpaired) electrons. The summed E-state index contributed by atoms with van der Waals surface area (Å²) < 4.78 is 31.6. The van der Waals surface area contributed by atoms with E-state index in [1.165, 1.54) is 31.4 Å². The molecule has 114 valence electrons. The van der Waals surface area contributed by atoms with Crippen LogP contribution in [0.25, 0.3) is 0 Å². The molecule has 2 atom stereocenters. The van der Waals surface area contributed by atoms with Gasteiger partial charge in [-0.3, -0.25) is 4.79 Å². The SMILES string of the molecule is CC[C@H](C)[C@H](NS(=O)(=O)c1cccc(C#N)c1)C(=O)OC. The highest BCUT2D eigenvalue weighted by Gasteiger charge is 2.30. The van der Waals surface area contributed by atoms with Crippen LogP contribution in [0.5, 0.6) is 0 Å². The summed E-state index contributed by atoms with van der Waals surface area (Å²) in [6.07, 6.45) is 0.612. The lowest BCUT2D eigenvalue weighted by atomic mass is 10.0. The molecule has 0 saturated carbocycles. The first-order valence-corrected chi connectivity index (χ1v) is 7.94. The van der Waals surface area contributed by atoms with E-state index in [1.807, 2.05) is 13.0 Å². The zero-order valence-electron chi connectivity index (χ0n) is 12.2. The lowest BCUT2D eigenvalue weighted by Crippen LogP contribution is -2.45. The van der Waals surface area contributed by atoms with Crippen LogP contribution in [0.2, 0.25) is 0 Å². The highest BCUT2D eigenvalue weighted by atomic mass is 32.2. The van der Waals surface area contributed by atoms with Gasteiger partial charge in [0.1, 0.15) is 6.04 Å². The quantitative estimate of drug-likeness (QED) is 0.802. The van der Waals surface area contributed by atoms with E-state index in [9.17, 15) is 13.2 Å². The lowest BCUT2D eigenvalue weighted by Gasteiger charge is -2.21. The Balaban J connectivity index is 3.11. The highest BCUT2D eigenvalue weighted by Crippen LogP contribution is 2.15. The molecule has 0 heterocycles. The summed E-state index contributed by atoms with van der Waals surface area (Å²) in [4.78, 5) is 11.7. The van der Waals surface area contributed by atoms with E-state index < -0.39 is 22.0 Å². The molecule has 1 N–H and O–H groups in total. The number of nitriles is 1. The summed E-state index contributed by atoms with van der Waals surface area (Å²) >= 11 is 0. The Morgan fingerprint density at radius 1 is 1.48 bits per heavy atom. The van der Waals surface area contributed by atoms with Gasteiger partial charge in [0.15, 0.2) is 0 Å². The molecule has 1 aromatic rings. The molecule has 7 heteroatoms. The molecule has 0 bridgehead atoms. The van der Waals surface area contributed by atoms with E-state index in [2.05, 4.69) is 9.46 Å². The fourth-order valence-electron chi connectivity index (χ4n) is 1.73. The molecule has 0 unspecified atom stereocenters. The van der Waals surface area contributed by atoms with Crippen molar-refractivity contribution < 1.29 is 17.9 Å². The van der Waals surface area contributed by atoms with Crippen LogP contribution < -0.4 is 4.72 Å². The van der Waals surface area contributed by atoms with Gasteiger partial charge in [-0.15, -0.1) is 0 Å². The average Bonchev–Trinajstić information content (AvgIpc) is 2.51. The third kappa shape index (κ3) is 4.28. The van der Waals surface area contributed by atoms with Gasteiger partial charge in [-0.05, 0) is 24.1 Å². The minimum Gasteiger partial charge on any atom is -0.468 e. The number of ether oxygens (including phenoxy) is 1. The molecule has 21 heavy (non-hydrogen) atoms. The number of sulfonamides is 1. The molecule has 0 aliphatic rings. The van der Waals surface area contributed by atoms with E-state index >= 15 is 0 Å². The normalized spacial score (nSPS) is 14.0. The smallest absolute Gasteiger partial charge is 0.324 e. The van der Waals surface area contributed by atoms with Gasteiger partial charge in [0.25, 0.3) is 0 Å². The van der Waals surface area contributed by atoms with Crippen molar-refractivity contribution >= 4 is 16.0 Å². The Hall–Kier alpha value is -1.91. The van der Waals surface area contributed by atoms with Gasteiger partial charge < -0.3 is 4.74 Å². The number of benzene rings is 1. The molecular formula is C14H18N2O4S. The molecule has 0 fully saturated rings. The van der Waals surface area contributed by atoms with Crippen LogP contribution in [0.3, 0.4) is 0 Å². The predicted octanol–water partition coefficient (Wildman–Crippen LogP) is 1.42. The molecule has 0 aliphatic heterocycles. The third-order valence-electron chi connectivity index (χ3n) is 3.22. The van der Waals surface area contributed by atoms with Crippen molar-refractivity contribution in [2.45, 2.75) is 31.2 Å². The number of rotatable bonds is 6. The standard InChI is InChI=1S/C14H18N2O4S/c1-4-10(2)13(14(17)20-3)16-21(18,19)12-7-5-6-11(8-12)9-15/h5-8,10,13,16H,4H2,1-3H3/t10-,13-/m0/s1. The predicted molar refractivity (Wildman–Crippen MR) is 76.7 cm³/mol. The number of methoxy groups -OCH3 is 1. The molecule has 0 saturated heterocycles. The Morgan fingerprint density at radius 3 is 2.67 bits per heavy atom. The van der Waals surface area contributed by atoms with E-state index in [1.54, 1.807) is 6.92 Å². The maximum atomic E-state index is 12.3. The minimum atomic E-state index is -3.90. The van der Waals surface area contributed by atoms with Gasteiger partial charge in [0.05, 0.1) is 23.6 Å². The molecule has 0 amide bonds. The maximum absolute atomic E-state index is 12.3. The zero-order chi connectivity index (χ0) is 16.0. The second-order valence-corrected chi connectivity index (χ2v) is 6.36. The molecule has 0 spiro atoms. The van der Waals surface area contributed by atoms with E-state index in [4.69, 9.17) is 5.26 Å². The van der Waals surface area contributed by atoms with Crippen molar-refractivity contribution in [3.8, 4) is 6.07 Å². The summed E-state index contributed by atoms with van der Waals surface area (Å²) in [5.41, 5.74) is 0.232. The summed E-state index contributed by atoms with van der Waals surface area (Å²) in [7, 11) is -2.69. The summed E-state index contributed by atoms with van der Waals surface area (Å²) in [6.45, 7) is 3.61. The highest BCUT2D eigenvalue weighted by molar-refractivity contribution is 7.89. The molecule has 0 aliphatic carbocycles. The first-order chi connectivity index (χ1) is 9.85. The number of carbonyl (C=O) groups is 1. The van der Waals surface area contributed by atoms with Crippen LogP contribution in [0.15, 0.2) is 29.2 Å². The summed E-state index contributed by atoms with van der Waals surface area (Å²) in [5, 5.41) is 8.82. The minimum absolute atomic E-state index is 0.0567. The van der Waals surface area contributed by atoms with E-state index in [0.29, 0.717) is 6.42 Å². The largest absolute Gasteiger partial charge is 0.468 e. The molecule has 0 aromatic heterocycles. The number of nitrogens with zero attached hydrogens (tertiary/aromatic N) is 1. The second kappa shape index (κ2) is 7.20. The monoisotopic (exact) mass is 310 g/mol. The molecule has 1 rings (SSSR count). The topological polar surface area (TPSA) is 96.3 Å². The van der Waals surface area contributed by atoms with Crippen molar-refractivity contribution in [1.29, 1.82) is 5.26 Å². The van der Waals surface area contributed by atoms with Crippen molar-refractivity contribution in [3.63, 3.8) is 0 Å². The average molecular weight is 310 g/mol. The van der Waals surface area contributed by atoms with Gasteiger partial charge in [-0.25, -0.2) is 8.42 Å². The molecular weight excluding hydrogens is 292 g/mol. The third-order valence-corrected chi connectivity index (χ3v) is 4.66. The number of hydrogen-bond acceptors (Lipinski definition) is 5. The van der Waals surface area contributed by atoms with Crippen LogP contribution in [-0.2, 0) is 19.6 Å². The van der Waals surface area contributed by atoms with Crippen molar-refractivity contribution in [2.75, 3.05) is 7.11 Å². The first-order valence-electron chi connectivity index (χ1n) is 6.46. The van der Waals surface area contributed by atoms with E-state index in [-0.39, 0.29) is 16.4 Å². The van der Waals surface area contributed by atoms with Crippen molar-refractivity contribution in [3.05, 3.63) is 29.8 Å².